The molecule has 2 fully saturated rings. The number of halogens is 1. The third-order valence-corrected chi connectivity index (χ3v) is 5.00. The molecule has 1 aliphatic carbocycles. The van der Waals surface area contributed by atoms with Crippen molar-refractivity contribution in [3.8, 4) is 0 Å². The van der Waals surface area contributed by atoms with Crippen LogP contribution in [0.25, 0.3) is 0 Å². The number of hydrogen-bond donors (Lipinski definition) is 1. The Morgan fingerprint density at radius 3 is 2.85 bits per heavy atom. The topological polar surface area (TPSA) is 28.2 Å². The van der Waals surface area contributed by atoms with E-state index in [-0.39, 0.29) is 0 Å². The molecule has 20 heavy (non-hydrogen) atoms. The lowest BCUT2D eigenvalue weighted by atomic mass is 10.1. The maximum Gasteiger partial charge on any atom is 0.133 e. The molecular weight excluding hydrogens is 314 g/mol. The Labute approximate surface area is 130 Å². The number of nitrogens with one attached hydrogen (secondary N) is 1. The molecule has 0 radical (unpaired) electrons. The highest BCUT2D eigenvalue weighted by Gasteiger charge is 2.32. The summed E-state index contributed by atoms with van der Waals surface area (Å²) in [5.41, 5.74) is 1.33. The predicted octanol–water partition coefficient (Wildman–Crippen LogP) is 3.86. The third kappa shape index (κ3) is 3.01. The Balaban J connectivity index is 1.86. The summed E-state index contributed by atoms with van der Waals surface area (Å²) in [5.74, 6) is 1.19. The molecule has 0 aromatic carbocycles. The van der Waals surface area contributed by atoms with Crippen LogP contribution in [0.4, 0.5) is 5.82 Å². The lowest BCUT2D eigenvalue weighted by Crippen LogP contribution is -2.36. The summed E-state index contributed by atoms with van der Waals surface area (Å²) < 4.78 is 1.08. The average Bonchev–Trinajstić information content (AvgIpc) is 3.20. The van der Waals surface area contributed by atoms with Crippen LogP contribution in [0.2, 0.25) is 0 Å². The van der Waals surface area contributed by atoms with Gasteiger partial charge < -0.3 is 10.2 Å². The van der Waals surface area contributed by atoms with Gasteiger partial charge in [0.25, 0.3) is 0 Å². The third-order valence-electron chi connectivity index (χ3n) is 4.57. The first-order valence-corrected chi connectivity index (χ1v) is 8.64. The van der Waals surface area contributed by atoms with Crippen molar-refractivity contribution in [1.29, 1.82) is 0 Å². The van der Waals surface area contributed by atoms with Crippen LogP contribution in [0.5, 0.6) is 0 Å². The van der Waals surface area contributed by atoms with Gasteiger partial charge in [-0.15, -0.1) is 0 Å². The molecule has 0 bridgehead atoms. The molecule has 1 aromatic rings. The Hall–Kier alpha value is -0.610. The van der Waals surface area contributed by atoms with Crippen LogP contribution in [0.15, 0.2) is 16.7 Å². The molecule has 3 rings (SSSR count). The molecule has 1 aliphatic heterocycles. The van der Waals surface area contributed by atoms with Gasteiger partial charge >= 0.3 is 0 Å². The van der Waals surface area contributed by atoms with E-state index < -0.39 is 0 Å². The zero-order valence-corrected chi connectivity index (χ0v) is 14.0. The molecule has 2 aliphatic rings. The van der Waals surface area contributed by atoms with Crippen molar-refractivity contribution < 1.29 is 0 Å². The zero-order valence-electron chi connectivity index (χ0n) is 12.4. The summed E-state index contributed by atoms with van der Waals surface area (Å²) in [5, 5.41) is 3.62. The van der Waals surface area contributed by atoms with Gasteiger partial charge in [0.2, 0.25) is 0 Å². The molecule has 1 aromatic heterocycles. The van der Waals surface area contributed by atoms with E-state index in [1.807, 2.05) is 6.20 Å². The molecule has 0 amide bonds. The summed E-state index contributed by atoms with van der Waals surface area (Å²) in [6.07, 6.45) is 8.38. The van der Waals surface area contributed by atoms with E-state index in [9.17, 15) is 0 Å². The molecular formula is C16H24BrN3. The number of hydrogen-bond acceptors (Lipinski definition) is 3. The molecule has 110 valence electrons. The number of nitrogens with zero attached hydrogens (tertiary/aromatic N) is 2. The molecule has 0 spiro atoms. The first-order chi connectivity index (χ1) is 9.69. The zero-order chi connectivity index (χ0) is 14.1. The van der Waals surface area contributed by atoms with Crippen LogP contribution in [0.3, 0.4) is 0 Å². The fraction of sp³-hybridized carbons (Fsp3) is 0.688. The van der Waals surface area contributed by atoms with Gasteiger partial charge in [-0.3, -0.25) is 0 Å². The Morgan fingerprint density at radius 1 is 1.35 bits per heavy atom. The standard InChI is InChI=1S/C16H24BrN3/c1-3-15-7-4-11(2)20(15)16-12(8-13(17)10-19-16)9-18-14-5-6-14/h8,10-11,14-15,18H,3-7,9H2,1-2H3. The van der Waals surface area contributed by atoms with E-state index in [1.54, 1.807) is 0 Å². The maximum absolute atomic E-state index is 4.75. The van der Waals surface area contributed by atoms with Crippen molar-refractivity contribution >= 4 is 21.7 Å². The molecule has 3 nitrogen and oxygen atoms in total. The first-order valence-electron chi connectivity index (χ1n) is 7.85. The Kier molecular flexibility index (Phi) is 4.32. The van der Waals surface area contributed by atoms with Crippen molar-refractivity contribution in [2.24, 2.45) is 0 Å². The Morgan fingerprint density at radius 2 is 2.15 bits per heavy atom. The average molecular weight is 338 g/mol. The quantitative estimate of drug-likeness (QED) is 0.884. The van der Waals surface area contributed by atoms with Gasteiger partial charge in [0, 0.05) is 40.9 Å². The van der Waals surface area contributed by atoms with Crippen molar-refractivity contribution in [1.82, 2.24) is 10.3 Å². The smallest absolute Gasteiger partial charge is 0.133 e. The van der Waals surface area contributed by atoms with Crippen LogP contribution in [0, 0.1) is 0 Å². The summed E-state index contributed by atoms with van der Waals surface area (Å²) in [4.78, 5) is 7.30. The molecule has 2 unspecified atom stereocenters. The molecule has 1 N–H and O–H groups in total. The van der Waals surface area contributed by atoms with E-state index in [1.165, 1.54) is 43.5 Å². The fourth-order valence-corrected chi connectivity index (χ4v) is 3.61. The largest absolute Gasteiger partial charge is 0.351 e. The number of rotatable bonds is 5. The molecule has 4 heteroatoms. The summed E-state index contributed by atoms with van der Waals surface area (Å²) in [6, 6.07) is 4.22. The fourth-order valence-electron chi connectivity index (χ4n) is 3.23. The van der Waals surface area contributed by atoms with Crippen molar-refractivity contribution in [3.05, 3.63) is 22.3 Å². The monoisotopic (exact) mass is 337 g/mol. The van der Waals surface area contributed by atoms with E-state index in [0.29, 0.717) is 12.1 Å². The van der Waals surface area contributed by atoms with Crippen molar-refractivity contribution in [2.45, 2.75) is 70.6 Å². The molecule has 2 heterocycles. The van der Waals surface area contributed by atoms with Gasteiger partial charge in [0.1, 0.15) is 5.82 Å². The maximum atomic E-state index is 4.75. The van der Waals surface area contributed by atoms with Crippen molar-refractivity contribution in [3.63, 3.8) is 0 Å². The van der Waals surface area contributed by atoms with Gasteiger partial charge in [-0.2, -0.15) is 0 Å². The Bertz CT molecular complexity index is 473. The van der Waals surface area contributed by atoms with Gasteiger partial charge in [-0.25, -0.2) is 4.98 Å². The normalized spacial score (nSPS) is 26.2. The van der Waals surface area contributed by atoms with Crippen LogP contribution in [-0.2, 0) is 6.54 Å². The summed E-state index contributed by atoms with van der Waals surface area (Å²) in [7, 11) is 0. The minimum Gasteiger partial charge on any atom is -0.351 e. The van der Waals surface area contributed by atoms with Crippen molar-refractivity contribution in [2.75, 3.05) is 4.90 Å². The lowest BCUT2D eigenvalue weighted by molar-refractivity contribution is 0.611. The highest BCUT2D eigenvalue weighted by molar-refractivity contribution is 9.10. The van der Waals surface area contributed by atoms with Crippen LogP contribution < -0.4 is 10.2 Å². The summed E-state index contributed by atoms with van der Waals surface area (Å²) >= 11 is 3.57. The van der Waals surface area contributed by atoms with Crippen LogP contribution in [0.1, 0.15) is 51.5 Å². The minimum atomic E-state index is 0.605. The second kappa shape index (κ2) is 6.02. The number of pyridine rings is 1. The number of anilines is 1. The molecule has 1 saturated heterocycles. The van der Waals surface area contributed by atoms with Gasteiger partial charge in [0.05, 0.1) is 0 Å². The van der Waals surface area contributed by atoms with E-state index in [4.69, 9.17) is 4.98 Å². The van der Waals surface area contributed by atoms with E-state index in [0.717, 1.165) is 17.1 Å². The van der Waals surface area contributed by atoms with Crippen LogP contribution >= 0.6 is 15.9 Å². The summed E-state index contributed by atoms with van der Waals surface area (Å²) in [6.45, 7) is 5.56. The highest BCUT2D eigenvalue weighted by atomic mass is 79.9. The highest BCUT2D eigenvalue weighted by Crippen LogP contribution is 2.34. The second-order valence-corrected chi connectivity index (χ2v) is 7.10. The second-order valence-electron chi connectivity index (χ2n) is 6.19. The van der Waals surface area contributed by atoms with Gasteiger partial charge in [0.15, 0.2) is 0 Å². The molecule has 2 atom stereocenters. The lowest BCUT2D eigenvalue weighted by Gasteiger charge is -2.31. The number of aromatic nitrogens is 1. The van der Waals surface area contributed by atoms with Gasteiger partial charge in [-0.1, -0.05) is 6.92 Å². The van der Waals surface area contributed by atoms with E-state index in [2.05, 4.69) is 46.1 Å². The van der Waals surface area contributed by atoms with Crippen LogP contribution in [-0.4, -0.2) is 23.1 Å². The molecule has 1 saturated carbocycles. The van der Waals surface area contributed by atoms with Gasteiger partial charge in [-0.05, 0) is 61.0 Å². The van der Waals surface area contributed by atoms with E-state index >= 15 is 0 Å². The SMILES string of the molecule is CCC1CCC(C)N1c1ncc(Br)cc1CNC1CC1. The first kappa shape index (κ1) is 14.3. The minimum absolute atomic E-state index is 0.605. The predicted molar refractivity (Wildman–Crippen MR) is 87.1 cm³/mol.